The molecule has 9 heteroatoms. The van der Waals surface area contributed by atoms with Crippen molar-refractivity contribution in [1.82, 2.24) is 20.0 Å². The summed E-state index contributed by atoms with van der Waals surface area (Å²) in [6.07, 6.45) is 0.807. The average Bonchev–Trinajstić information content (AvgIpc) is 3.04. The minimum absolute atomic E-state index is 0. The maximum absolute atomic E-state index is 12.5. The zero-order valence-corrected chi connectivity index (χ0v) is 13.5. The zero-order valence-electron chi connectivity index (χ0n) is 12.7. The summed E-state index contributed by atoms with van der Waals surface area (Å²) in [5.74, 6) is -0.205. The first-order chi connectivity index (χ1) is 10.3. The molecule has 1 aromatic heterocycles. The molecule has 1 aromatic rings. The summed E-state index contributed by atoms with van der Waals surface area (Å²) in [5.41, 5.74) is -0.970. The molecule has 2 atom stereocenters. The lowest BCUT2D eigenvalue weighted by molar-refractivity contribution is -0.142. The van der Waals surface area contributed by atoms with Crippen molar-refractivity contribution in [2.24, 2.45) is 0 Å². The van der Waals surface area contributed by atoms with Gasteiger partial charge < -0.3 is 10.2 Å². The Kier molecular flexibility index (Phi) is 5.25. The van der Waals surface area contributed by atoms with Crippen LogP contribution in [0.1, 0.15) is 31.4 Å². The molecule has 2 unspecified atom stereocenters. The molecule has 3 heterocycles. The van der Waals surface area contributed by atoms with Crippen molar-refractivity contribution < 1.29 is 18.0 Å². The highest BCUT2D eigenvalue weighted by Crippen LogP contribution is 2.29. The van der Waals surface area contributed by atoms with Crippen LogP contribution in [0.4, 0.5) is 13.2 Å². The molecule has 2 fully saturated rings. The van der Waals surface area contributed by atoms with Gasteiger partial charge in [-0.15, -0.1) is 12.4 Å². The molecular weight excluding hydrogens is 333 g/mol. The van der Waals surface area contributed by atoms with Gasteiger partial charge in [0, 0.05) is 31.4 Å². The molecule has 2 aliphatic heterocycles. The highest BCUT2D eigenvalue weighted by Gasteiger charge is 2.37. The number of hydrogen-bond acceptors (Lipinski definition) is 3. The summed E-state index contributed by atoms with van der Waals surface area (Å²) in [6.45, 7) is -0.161. The predicted octanol–water partition coefficient (Wildman–Crippen LogP) is 2.07. The van der Waals surface area contributed by atoms with Crippen molar-refractivity contribution >= 4 is 18.3 Å². The Bertz CT molecular complexity index is 550. The summed E-state index contributed by atoms with van der Waals surface area (Å²) >= 11 is 0. The van der Waals surface area contributed by atoms with E-state index in [0.29, 0.717) is 12.1 Å². The number of piperidine rings is 1. The molecule has 0 radical (unpaired) electrons. The topological polar surface area (TPSA) is 50.2 Å². The number of likely N-dealkylation sites (N-methyl/N-ethyl adjacent to an activating group) is 1. The van der Waals surface area contributed by atoms with Gasteiger partial charge in [-0.05, 0) is 31.7 Å². The molecule has 130 valence electrons. The minimum atomic E-state index is -4.48. The van der Waals surface area contributed by atoms with Crippen molar-refractivity contribution in [3.63, 3.8) is 0 Å². The second-order valence-electron chi connectivity index (χ2n) is 6.16. The highest BCUT2D eigenvalue weighted by atomic mass is 35.5. The van der Waals surface area contributed by atoms with Gasteiger partial charge in [0.05, 0.1) is 0 Å². The van der Waals surface area contributed by atoms with E-state index in [-0.39, 0.29) is 30.9 Å². The van der Waals surface area contributed by atoms with E-state index in [0.717, 1.165) is 36.4 Å². The summed E-state index contributed by atoms with van der Waals surface area (Å²) in [6, 6.07) is 1.96. The second kappa shape index (κ2) is 6.68. The van der Waals surface area contributed by atoms with Crippen molar-refractivity contribution in [2.75, 3.05) is 7.05 Å². The monoisotopic (exact) mass is 352 g/mol. The molecule has 1 N–H and O–H groups in total. The van der Waals surface area contributed by atoms with E-state index in [1.165, 1.54) is 6.20 Å². The fourth-order valence-electron chi connectivity index (χ4n) is 3.40. The highest BCUT2D eigenvalue weighted by molar-refractivity contribution is 5.85. The van der Waals surface area contributed by atoms with E-state index in [1.807, 2.05) is 0 Å². The van der Waals surface area contributed by atoms with Crippen LogP contribution in [0.15, 0.2) is 12.3 Å². The third-order valence-electron chi connectivity index (χ3n) is 4.62. The maximum atomic E-state index is 12.5. The Labute approximate surface area is 138 Å². The molecule has 2 bridgehead atoms. The molecule has 2 saturated heterocycles. The smallest absolute Gasteiger partial charge is 0.341 e. The van der Waals surface area contributed by atoms with Crippen LogP contribution in [0.5, 0.6) is 0 Å². The van der Waals surface area contributed by atoms with Gasteiger partial charge in [-0.2, -0.15) is 18.3 Å². The van der Waals surface area contributed by atoms with Gasteiger partial charge in [0.2, 0.25) is 5.91 Å². The van der Waals surface area contributed by atoms with Crippen LogP contribution in [-0.2, 0) is 17.5 Å². The van der Waals surface area contributed by atoms with Gasteiger partial charge in [-0.3, -0.25) is 9.48 Å². The van der Waals surface area contributed by atoms with Gasteiger partial charge in [0.1, 0.15) is 6.54 Å². The van der Waals surface area contributed by atoms with Crippen molar-refractivity contribution in [2.45, 2.75) is 56.5 Å². The number of nitrogens with one attached hydrogen (secondary N) is 1. The van der Waals surface area contributed by atoms with Crippen molar-refractivity contribution in [3.8, 4) is 0 Å². The number of carbonyl (C=O) groups excluding carboxylic acids is 1. The number of amides is 1. The van der Waals surface area contributed by atoms with Crippen LogP contribution in [-0.4, -0.2) is 45.8 Å². The summed E-state index contributed by atoms with van der Waals surface area (Å²) in [7, 11) is 1.73. The quantitative estimate of drug-likeness (QED) is 0.906. The van der Waals surface area contributed by atoms with Gasteiger partial charge in [-0.25, -0.2) is 0 Å². The first-order valence-electron chi connectivity index (χ1n) is 7.45. The molecule has 0 saturated carbocycles. The fourth-order valence-corrected chi connectivity index (χ4v) is 3.40. The summed E-state index contributed by atoms with van der Waals surface area (Å²) in [4.78, 5) is 13.9. The Morgan fingerprint density at radius 3 is 2.52 bits per heavy atom. The van der Waals surface area contributed by atoms with E-state index >= 15 is 0 Å². The molecule has 0 aromatic carbocycles. The Hall–Kier alpha value is -1.28. The Balaban J connectivity index is 0.00000192. The van der Waals surface area contributed by atoms with Crippen LogP contribution in [0.3, 0.4) is 0 Å². The normalized spacial score (nSPS) is 26.7. The number of nitrogens with zero attached hydrogens (tertiary/aromatic N) is 3. The Morgan fingerprint density at radius 2 is 2.00 bits per heavy atom. The standard InChI is InChI=1S/C14H19F3N4O.ClH/c1-20(11-6-9-2-3-10(7-11)18-9)13(22)8-21-5-4-12(19-21)14(15,16)17;/h4-5,9-11,18H,2-3,6-8H2,1H3;1H. The number of carbonyl (C=O) groups is 1. The van der Waals surface area contributed by atoms with E-state index < -0.39 is 11.9 Å². The summed E-state index contributed by atoms with van der Waals surface area (Å²) in [5, 5.41) is 6.93. The largest absolute Gasteiger partial charge is 0.435 e. The maximum Gasteiger partial charge on any atom is 0.435 e. The molecule has 3 rings (SSSR count). The first kappa shape index (κ1) is 18.1. The third kappa shape index (κ3) is 3.98. The molecule has 0 aliphatic carbocycles. The first-order valence-corrected chi connectivity index (χ1v) is 7.45. The predicted molar refractivity (Wildman–Crippen MR) is 80.2 cm³/mol. The lowest BCUT2D eigenvalue weighted by Gasteiger charge is -2.35. The number of rotatable bonds is 3. The van der Waals surface area contributed by atoms with Gasteiger partial charge >= 0.3 is 6.18 Å². The number of fused-ring (bicyclic) bond motifs is 2. The van der Waals surface area contributed by atoms with Crippen molar-refractivity contribution in [1.29, 1.82) is 0 Å². The van der Waals surface area contributed by atoms with Gasteiger partial charge in [0.25, 0.3) is 0 Å². The van der Waals surface area contributed by atoms with E-state index in [9.17, 15) is 18.0 Å². The van der Waals surface area contributed by atoms with Crippen molar-refractivity contribution in [3.05, 3.63) is 18.0 Å². The zero-order chi connectivity index (χ0) is 15.9. The minimum Gasteiger partial charge on any atom is -0.341 e. The van der Waals surface area contributed by atoms with Crippen LogP contribution in [0.2, 0.25) is 0 Å². The fraction of sp³-hybridized carbons (Fsp3) is 0.714. The SMILES string of the molecule is CN(C(=O)Cn1ccc(C(F)(F)F)n1)C1CC2CCC(C1)N2.Cl. The second-order valence-corrected chi connectivity index (χ2v) is 6.16. The molecule has 5 nitrogen and oxygen atoms in total. The third-order valence-corrected chi connectivity index (χ3v) is 4.62. The Morgan fingerprint density at radius 1 is 1.39 bits per heavy atom. The van der Waals surface area contributed by atoms with E-state index in [2.05, 4.69) is 10.4 Å². The van der Waals surface area contributed by atoms with Crippen LogP contribution < -0.4 is 5.32 Å². The molecule has 23 heavy (non-hydrogen) atoms. The van der Waals surface area contributed by atoms with Crippen LogP contribution >= 0.6 is 12.4 Å². The molecule has 1 amide bonds. The van der Waals surface area contributed by atoms with Gasteiger partial charge in [0.15, 0.2) is 5.69 Å². The molecular formula is C14H20ClF3N4O. The number of halogens is 4. The van der Waals surface area contributed by atoms with E-state index in [1.54, 1.807) is 11.9 Å². The van der Waals surface area contributed by atoms with Gasteiger partial charge in [-0.1, -0.05) is 0 Å². The number of alkyl halides is 3. The average molecular weight is 353 g/mol. The van der Waals surface area contributed by atoms with E-state index in [4.69, 9.17) is 0 Å². The molecule has 2 aliphatic rings. The van der Waals surface area contributed by atoms with Crippen LogP contribution in [0.25, 0.3) is 0 Å². The lowest BCUT2D eigenvalue weighted by atomic mass is 9.98. The number of aromatic nitrogens is 2. The lowest BCUT2D eigenvalue weighted by Crippen LogP contribution is -2.49. The number of hydrogen-bond donors (Lipinski definition) is 1. The van der Waals surface area contributed by atoms with Crippen LogP contribution in [0, 0.1) is 0 Å². The summed E-state index contributed by atoms with van der Waals surface area (Å²) < 4.78 is 38.6. The molecule has 0 spiro atoms.